The van der Waals surface area contributed by atoms with Crippen LogP contribution in [0.3, 0.4) is 0 Å². The molecule has 1 unspecified atom stereocenters. The van der Waals surface area contributed by atoms with Crippen molar-refractivity contribution in [3.8, 4) is 0 Å². The molecule has 1 heterocycles. The van der Waals surface area contributed by atoms with Gasteiger partial charge in [-0.05, 0) is 40.5 Å². The average molecular weight is 431 g/mol. The van der Waals surface area contributed by atoms with Gasteiger partial charge in [-0.15, -0.1) is 23.5 Å². The van der Waals surface area contributed by atoms with Crippen molar-refractivity contribution >= 4 is 31.6 Å². The fourth-order valence-electron chi connectivity index (χ4n) is 3.90. The van der Waals surface area contributed by atoms with Gasteiger partial charge in [-0.2, -0.15) is 0 Å². The Hall–Kier alpha value is -0.683. The van der Waals surface area contributed by atoms with Gasteiger partial charge in [-0.1, -0.05) is 88.0 Å². The van der Waals surface area contributed by atoms with E-state index in [0.29, 0.717) is 0 Å². The molecule has 1 aliphatic heterocycles. The molecule has 1 nitrogen and oxygen atoms in total. The van der Waals surface area contributed by atoms with E-state index in [9.17, 15) is 0 Å². The lowest BCUT2D eigenvalue weighted by Gasteiger charge is -2.54. The van der Waals surface area contributed by atoms with Gasteiger partial charge in [0.05, 0.1) is 10.3 Å². The van der Waals surface area contributed by atoms with Crippen molar-refractivity contribution in [2.45, 2.75) is 55.5 Å². The molecule has 2 aromatic rings. The van der Waals surface area contributed by atoms with Crippen molar-refractivity contribution < 1.29 is 4.74 Å². The zero-order chi connectivity index (χ0) is 20.1. The number of ether oxygens (including phenoxy) is 1. The van der Waals surface area contributed by atoms with E-state index in [1.807, 2.05) is 0 Å². The molecule has 0 spiro atoms. The van der Waals surface area contributed by atoms with Crippen LogP contribution in [-0.2, 0) is 17.8 Å². The van der Waals surface area contributed by atoms with E-state index in [1.54, 1.807) is 0 Å². The van der Waals surface area contributed by atoms with Crippen LogP contribution >= 0.6 is 23.5 Å². The molecule has 1 atom stereocenters. The second-order valence-corrected chi connectivity index (χ2v) is 18.1. The number of hydrogen-bond acceptors (Lipinski definition) is 3. The van der Waals surface area contributed by atoms with E-state index in [2.05, 4.69) is 112 Å². The van der Waals surface area contributed by atoms with Gasteiger partial charge in [-0.25, -0.2) is 0 Å². The highest BCUT2D eigenvalue weighted by atomic mass is 32.2. The minimum absolute atomic E-state index is 0.265. The highest BCUT2D eigenvalue weighted by Gasteiger charge is 2.57. The molecule has 0 N–H and O–H groups in total. The third-order valence-corrected chi connectivity index (χ3v) is 18.7. The fourth-order valence-corrected chi connectivity index (χ4v) is 14.9. The van der Waals surface area contributed by atoms with Gasteiger partial charge >= 0.3 is 0 Å². The summed E-state index contributed by atoms with van der Waals surface area (Å²) >= 11 is 4.46. The van der Waals surface area contributed by atoms with Gasteiger partial charge < -0.3 is 4.74 Å². The van der Waals surface area contributed by atoms with Crippen LogP contribution in [0.25, 0.3) is 0 Å². The van der Waals surface area contributed by atoms with Crippen LogP contribution in [0.1, 0.15) is 38.3 Å². The number of thioether (sulfide) groups is 2. The van der Waals surface area contributed by atoms with Crippen LogP contribution in [0.4, 0.5) is 0 Å². The standard InChI is InChI=1S/C24H34OS2Si/c1-23(2,3)28(4,20-25-19-22-14-9-6-10-15-22)24(26-16-11-17-27-24)18-21-12-7-5-8-13-21/h5-10,12-15H,11,16-20H2,1-4H3. The lowest BCUT2D eigenvalue weighted by Crippen LogP contribution is -2.63. The Morgan fingerprint density at radius 2 is 1.43 bits per heavy atom. The molecule has 0 amide bonds. The third-order valence-electron chi connectivity index (χ3n) is 6.24. The Balaban J connectivity index is 1.86. The van der Waals surface area contributed by atoms with Gasteiger partial charge in [0.15, 0.2) is 0 Å². The van der Waals surface area contributed by atoms with E-state index < -0.39 is 8.07 Å². The SMILES string of the molecule is CC(C)(C)[Si](C)(COCc1ccccc1)C1(Cc2ccccc2)SCCCS1. The number of hydrogen-bond donors (Lipinski definition) is 0. The van der Waals surface area contributed by atoms with E-state index in [-0.39, 0.29) is 8.74 Å². The quantitative estimate of drug-likeness (QED) is 0.439. The second-order valence-electron chi connectivity index (χ2n) is 9.03. The fraction of sp³-hybridized carbons (Fsp3) is 0.500. The van der Waals surface area contributed by atoms with Gasteiger partial charge in [0.2, 0.25) is 0 Å². The Bertz CT molecular complexity index is 723. The first-order valence-corrected chi connectivity index (χ1v) is 15.0. The molecule has 0 saturated carbocycles. The van der Waals surface area contributed by atoms with Crippen LogP contribution in [0.5, 0.6) is 0 Å². The highest BCUT2D eigenvalue weighted by molar-refractivity contribution is 8.21. The summed E-state index contributed by atoms with van der Waals surface area (Å²) in [5.74, 6) is 2.55. The van der Waals surface area contributed by atoms with Crippen molar-refractivity contribution in [2.24, 2.45) is 0 Å². The van der Waals surface area contributed by atoms with E-state index >= 15 is 0 Å². The summed E-state index contributed by atoms with van der Waals surface area (Å²) < 4.78 is 6.73. The second kappa shape index (κ2) is 9.42. The molecule has 0 aromatic heterocycles. The molecule has 28 heavy (non-hydrogen) atoms. The summed E-state index contributed by atoms with van der Waals surface area (Å²) in [5.41, 5.74) is 2.74. The zero-order valence-corrected chi connectivity index (χ0v) is 20.4. The minimum Gasteiger partial charge on any atom is -0.380 e. The van der Waals surface area contributed by atoms with Crippen LogP contribution in [0, 0.1) is 0 Å². The topological polar surface area (TPSA) is 9.23 Å². The Morgan fingerprint density at radius 1 is 0.893 bits per heavy atom. The van der Waals surface area contributed by atoms with Gasteiger partial charge in [-0.3, -0.25) is 0 Å². The molecule has 4 heteroatoms. The summed E-state index contributed by atoms with van der Waals surface area (Å²) in [6, 6.07) is 21.7. The third kappa shape index (κ3) is 4.89. The van der Waals surface area contributed by atoms with Crippen molar-refractivity contribution in [3.05, 3.63) is 71.8 Å². The monoisotopic (exact) mass is 430 g/mol. The van der Waals surface area contributed by atoms with Crippen LogP contribution in [0.2, 0.25) is 11.6 Å². The Labute approximate surface area is 181 Å². The number of benzene rings is 2. The maximum Gasteiger partial charge on any atom is 0.116 e. The van der Waals surface area contributed by atoms with Gasteiger partial charge in [0, 0.05) is 6.23 Å². The van der Waals surface area contributed by atoms with E-state index in [0.717, 1.165) is 19.3 Å². The normalized spacial score (nSPS) is 19.1. The summed E-state index contributed by atoms with van der Waals surface area (Å²) in [6.07, 6.45) is 3.39. The van der Waals surface area contributed by atoms with Crippen molar-refractivity contribution in [1.29, 1.82) is 0 Å². The molecule has 1 saturated heterocycles. The summed E-state index contributed by atoms with van der Waals surface area (Å²) in [5, 5.41) is 0.274. The lowest BCUT2D eigenvalue weighted by molar-refractivity contribution is 0.155. The first-order chi connectivity index (χ1) is 13.4. The summed E-state index contributed by atoms with van der Waals surface area (Å²) in [7, 11) is -1.83. The first kappa shape index (κ1) is 22.0. The summed E-state index contributed by atoms with van der Waals surface area (Å²) in [6.45, 7) is 10.7. The predicted octanol–water partition coefficient (Wildman–Crippen LogP) is 6.97. The largest absolute Gasteiger partial charge is 0.380 e. The van der Waals surface area contributed by atoms with Crippen LogP contribution in [-0.4, -0.2) is 29.5 Å². The Morgan fingerprint density at radius 3 is 1.96 bits per heavy atom. The molecule has 0 aliphatic carbocycles. The van der Waals surface area contributed by atoms with Gasteiger partial charge in [0.25, 0.3) is 0 Å². The van der Waals surface area contributed by atoms with Crippen LogP contribution in [0.15, 0.2) is 60.7 Å². The zero-order valence-electron chi connectivity index (χ0n) is 17.7. The summed E-state index contributed by atoms with van der Waals surface area (Å²) in [4.78, 5) is 0. The molecular formula is C24H34OS2Si. The van der Waals surface area contributed by atoms with Crippen molar-refractivity contribution in [2.75, 3.05) is 17.7 Å². The molecule has 2 aromatic carbocycles. The van der Waals surface area contributed by atoms with Crippen LogP contribution < -0.4 is 0 Å². The molecule has 152 valence electrons. The molecular weight excluding hydrogens is 396 g/mol. The molecule has 0 radical (unpaired) electrons. The maximum atomic E-state index is 6.46. The molecule has 1 fully saturated rings. The first-order valence-electron chi connectivity index (χ1n) is 10.3. The van der Waals surface area contributed by atoms with E-state index in [4.69, 9.17) is 4.74 Å². The minimum atomic E-state index is -1.83. The Kier molecular flexibility index (Phi) is 7.41. The molecule has 0 bridgehead atoms. The predicted molar refractivity (Wildman–Crippen MR) is 130 cm³/mol. The average Bonchev–Trinajstić information content (AvgIpc) is 2.69. The van der Waals surface area contributed by atoms with Crippen molar-refractivity contribution in [3.63, 3.8) is 0 Å². The molecule has 1 aliphatic rings. The maximum absolute atomic E-state index is 6.46. The lowest BCUT2D eigenvalue weighted by atomic mass is 10.2. The highest BCUT2D eigenvalue weighted by Crippen LogP contribution is 2.57. The molecule has 3 rings (SSSR count). The van der Waals surface area contributed by atoms with Crippen molar-refractivity contribution in [1.82, 2.24) is 0 Å². The smallest absolute Gasteiger partial charge is 0.116 e. The number of rotatable bonds is 7. The van der Waals surface area contributed by atoms with E-state index in [1.165, 1.54) is 29.1 Å². The van der Waals surface area contributed by atoms with Gasteiger partial charge in [0.1, 0.15) is 8.07 Å².